The molecule has 0 fully saturated rings. The summed E-state index contributed by atoms with van der Waals surface area (Å²) in [6.45, 7) is 4.72. The number of furan rings is 1. The lowest BCUT2D eigenvalue weighted by atomic mass is 9.82. The first kappa shape index (κ1) is 35.3. The Kier molecular flexibility index (Phi) is 7.92. The summed E-state index contributed by atoms with van der Waals surface area (Å²) in [5.41, 5.74) is 17.2. The Morgan fingerprint density at radius 1 is 0.393 bits per heavy atom. The van der Waals surface area contributed by atoms with Gasteiger partial charge in [0.25, 0.3) is 0 Å². The van der Waals surface area contributed by atoms with E-state index in [2.05, 4.69) is 231 Å². The van der Waals surface area contributed by atoms with Crippen molar-refractivity contribution in [2.75, 3.05) is 4.90 Å². The van der Waals surface area contributed by atoms with E-state index in [1.165, 1.54) is 60.7 Å². The molecule has 0 spiro atoms. The van der Waals surface area contributed by atoms with Crippen LogP contribution in [0.15, 0.2) is 217 Å². The molecular formula is C59H41NO. The fourth-order valence-corrected chi connectivity index (χ4v) is 10.1. The van der Waals surface area contributed by atoms with Crippen LogP contribution < -0.4 is 4.90 Å². The molecule has 0 unspecified atom stereocenters. The SMILES string of the molecule is CC1(C)c2ccccc2-c2ccc(N(c3ccc(-c4ccccc4)cc3)c3ccc4oc5c6ccccc6c(-c6ccccc6)cc5c4c3-c3ccc4ccccc4c3)cc21. The van der Waals surface area contributed by atoms with Crippen molar-refractivity contribution in [3.05, 3.63) is 223 Å². The van der Waals surface area contributed by atoms with Crippen LogP contribution in [-0.2, 0) is 5.41 Å². The second kappa shape index (κ2) is 13.7. The van der Waals surface area contributed by atoms with Crippen molar-refractivity contribution in [1.29, 1.82) is 0 Å². The number of hydrogen-bond donors (Lipinski definition) is 0. The summed E-state index contributed by atoms with van der Waals surface area (Å²) in [6, 6.07) is 77.4. The quantitative estimate of drug-likeness (QED) is 0.167. The van der Waals surface area contributed by atoms with Gasteiger partial charge in [0.15, 0.2) is 0 Å². The highest BCUT2D eigenvalue weighted by Crippen LogP contribution is 2.53. The van der Waals surface area contributed by atoms with E-state index in [0.29, 0.717) is 0 Å². The number of nitrogens with zero attached hydrogens (tertiary/aromatic N) is 1. The van der Waals surface area contributed by atoms with E-state index in [0.717, 1.165) is 55.5 Å². The van der Waals surface area contributed by atoms with Crippen LogP contribution in [-0.4, -0.2) is 0 Å². The van der Waals surface area contributed by atoms with Gasteiger partial charge in [-0.2, -0.15) is 0 Å². The molecule has 10 aromatic carbocycles. The second-order valence-electron chi connectivity index (χ2n) is 16.9. The summed E-state index contributed by atoms with van der Waals surface area (Å²) in [4.78, 5) is 2.47. The Bertz CT molecular complexity index is 3490. The van der Waals surface area contributed by atoms with Crippen LogP contribution in [0.3, 0.4) is 0 Å². The maximum Gasteiger partial charge on any atom is 0.143 e. The van der Waals surface area contributed by atoms with E-state index in [9.17, 15) is 0 Å². The molecule has 0 saturated heterocycles. The lowest BCUT2D eigenvalue weighted by Crippen LogP contribution is -2.17. The molecule has 0 saturated carbocycles. The van der Waals surface area contributed by atoms with E-state index in [4.69, 9.17) is 4.42 Å². The Hall–Kier alpha value is -7.68. The summed E-state index contributed by atoms with van der Waals surface area (Å²) in [7, 11) is 0. The predicted molar refractivity (Wildman–Crippen MR) is 257 cm³/mol. The molecule has 1 aliphatic carbocycles. The Balaban J connectivity index is 1.18. The average molecular weight is 780 g/mol. The first-order chi connectivity index (χ1) is 30.0. The number of anilines is 3. The zero-order valence-electron chi connectivity index (χ0n) is 34.1. The minimum Gasteiger partial charge on any atom is -0.455 e. The highest BCUT2D eigenvalue weighted by atomic mass is 16.3. The van der Waals surface area contributed by atoms with Crippen molar-refractivity contribution in [2.24, 2.45) is 0 Å². The van der Waals surface area contributed by atoms with Crippen molar-refractivity contribution >= 4 is 60.5 Å². The highest BCUT2D eigenvalue weighted by Gasteiger charge is 2.36. The summed E-state index contributed by atoms with van der Waals surface area (Å²) in [6.07, 6.45) is 0. The van der Waals surface area contributed by atoms with Crippen LogP contribution in [0.1, 0.15) is 25.0 Å². The molecule has 12 rings (SSSR count). The Labute approximate surface area is 355 Å². The monoisotopic (exact) mass is 779 g/mol. The normalized spacial score (nSPS) is 12.9. The van der Waals surface area contributed by atoms with Crippen LogP contribution in [0.4, 0.5) is 17.1 Å². The van der Waals surface area contributed by atoms with E-state index >= 15 is 0 Å². The van der Waals surface area contributed by atoms with Crippen molar-refractivity contribution in [3.63, 3.8) is 0 Å². The molecule has 2 heteroatoms. The van der Waals surface area contributed by atoms with E-state index in [1.54, 1.807) is 0 Å². The number of rotatable bonds is 6. The molecular weight excluding hydrogens is 739 g/mol. The molecule has 0 atom stereocenters. The molecule has 1 aliphatic rings. The van der Waals surface area contributed by atoms with Crippen molar-refractivity contribution in [1.82, 2.24) is 0 Å². The maximum atomic E-state index is 7.02. The fourth-order valence-electron chi connectivity index (χ4n) is 10.1. The third-order valence-corrected chi connectivity index (χ3v) is 13.0. The molecule has 288 valence electrons. The minimum absolute atomic E-state index is 0.161. The van der Waals surface area contributed by atoms with Gasteiger partial charge in [-0.3, -0.25) is 0 Å². The van der Waals surface area contributed by atoms with Gasteiger partial charge in [0.2, 0.25) is 0 Å². The average Bonchev–Trinajstić information content (AvgIpc) is 3.81. The van der Waals surface area contributed by atoms with Gasteiger partial charge in [-0.05, 0) is 115 Å². The third kappa shape index (κ3) is 5.56. The molecule has 0 bridgehead atoms. The molecule has 0 N–H and O–H groups in total. The van der Waals surface area contributed by atoms with Gasteiger partial charge >= 0.3 is 0 Å². The number of hydrogen-bond acceptors (Lipinski definition) is 2. The van der Waals surface area contributed by atoms with Crippen LogP contribution in [0.2, 0.25) is 0 Å². The smallest absolute Gasteiger partial charge is 0.143 e. The van der Waals surface area contributed by atoms with Crippen LogP contribution in [0.5, 0.6) is 0 Å². The molecule has 1 heterocycles. The van der Waals surface area contributed by atoms with E-state index in [1.807, 2.05) is 0 Å². The van der Waals surface area contributed by atoms with Crippen LogP contribution in [0.25, 0.3) is 88.0 Å². The fraction of sp³-hybridized carbons (Fsp3) is 0.0508. The molecule has 2 nitrogen and oxygen atoms in total. The summed E-state index contributed by atoms with van der Waals surface area (Å²) in [5.74, 6) is 0. The molecule has 11 aromatic rings. The highest BCUT2D eigenvalue weighted by molar-refractivity contribution is 6.24. The van der Waals surface area contributed by atoms with Crippen molar-refractivity contribution in [3.8, 4) is 44.5 Å². The Morgan fingerprint density at radius 3 is 1.82 bits per heavy atom. The number of fused-ring (bicyclic) bond motifs is 9. The zero-order chi connectivity index (χ0) is 40.7. The minimum atomic E-state index is -0.161. The van der Waals surface area contributed by atoms with Crippen LogP contribution in [0, 0.1) is 0 Å². The lowest BCUT2D eigenvalue weighted by molar-refractivity contribution is 0.660. The van der Waals surface area contributed by atoms with Gasteiger partial charge < -0.3 is 9.32 Å². The molecule has 0 amide bonds. The van der Waals surface area contributed by atoms with Gasteiger partial charge in [0, 0.05) is 38.5 Å². The molecule has 61 heavy (non-hydrogen) atoms. The topological polar surface area (TPSA) is 16.4 Å². The maximum absolute atomic E-state index is 7.02. The van der Waals surface area contributed by atoms with Gasteiger partial charge in [-0.1, -0.05) is 178 Å². The van der Waals surface area contributed by atoms with Crippen molar-refractivity contribution < 1.29 is 4.42 Å². The van der Waals surface area contributed by atoms with E-state index in [-0.39, 0.29) is 5.41 Å². The second-order valence-corrected chi connectivity index (χ2v) is 16.9. The summed E-state index contributed by atoms with van der Waals surface area (Å²) >= 11 is 0. The van der Waals surface area contributed by atoms with E-state index < -0.39 is 0 Å². The van der Waals surface area contributed by atoms with Crippen molar-refractivity contribution in [2.45, 2.75) is 19.3 Å². The molecule has 0 aliphatic heterocycles. The summed E-state index contributed by atoms with van der Waals surface area (Å²) in [5, 5.41) is 6.89. The zero-order valence-corrected chi connectivity index (χ0v) is 34.1. The van der Waals surface area contributed by atoms with Gasteiger partial charge in [-0.15, -0.1) is 0 Å². The standard InChI is InChI=1S/C59H41NO/c1-59(2)52-24-14-13-22-47(52)48-32-31-45(36-53(48)59)60(44-29-27-40(28-30-44)38-15-5-3-6-16-38)54-33-34-55-57(56(54)43-26-25-39-17-9-10-20-42(39)35-43)51-37-50(41-18-7-4-8-19-41)46-21-11-12-23-49(46)58(51)61-55/h3-37H,1-2H3. The predicted octanol–water partition coefficient (Wildman–Crippen LogP) is 16.7. The molecule has 0 radical (unpaired) electrons. The first-order valence-electron chi connectivity index (χ1n) is 21.2. The first-order valence-corrected chi connectivity index (χ1v) is 21.2. The Morgan fingerprint density at radius 2 is 1.02 bits per heavy atom. The summed E-state index contributed by atoms with van der Waals surface area (Å²) < 4.78 is 7.02. The molecule has 1 aromatic heterocycles. The largest absolute Gasteiger partial charge is 0.455 e. The van der Waals surface area contributed by atoms with Gasteiger partial charge in [-0.25, -0.2) is 0 Å². The van der Waals surface area contributed by atoms with Crippen LogP contribution >= 0.6 is 0 Å². The van der Waals surface area contributed by atoms with Gasteiger partial charge in [0.1, 0.15) is 11.2 Å². The van der Waals surface area contributed by atoms with Gasteiger partial charge in [0.05, 0.1) is 5.69 Å². The third-order valence-electron chi connectivity index (χ3n) is 13.0. The lowest BCUT2D eigenvalue weighted by Gasteiger charge is -2.30. The number of benzene rings is 10.